The standard InChI is InChI=1S/C7H4F2N2S/c8-3-1-5-6(2-4(3)9)11-7(12)10-5/h1-2H,(H2,10,11,12). The molecule has 1 aromatic carbocycles. The summed E-state index contributed by atoms with van der Waals surface area (Å²) in [5, 5.41) is 0.343. The molecule has 2 rings (SSSR count). The van der Waals surface area contributed by atoms with Crippen molar-refractivity contribution in [1.82, 2.24) is 9.97 Å². The van der Waals surface area contributed by atoms with Gasteiger partial charge in [0, 0.05) is 12.1 Å². The zero-order valence-corrected chi connectivity index (χ0v) is 6.70. The van der Waals surface area contributed by atoms with Gasteiger partial charge >= 0.3 is 0 Å². The molecule has 0 bridgehead atoms. The average molecular weight is 186 g/mol. The Labute approximate surface area is 72.0 Å². The molecule has 2 aromatic rings. The Kier molecular flexibility index (Phi) is 1.54. The van der Waals surface area contributed by atoms with E-state index in [2.05, 4.69) is 22.6 Å². The van der Waals surface area contributed by atoms with Crippen molar-refractivity contribution in [3.8, 4) is 0 Å². The second kappa shape index (κ2) is 2.45. The largest absolute Gasteiger partial charge is 0.333 e. The zero-order valence-electron chi connectivity index (χ0n) is 5.81. The summed E-state index contributed by atoms with van der Waals surface area (Å²) in [7, 11) is 0. The van der Waals surface area contributed by atoms with Crippen molar-refractivity contribution >= 4 is 23.7 Å². The second-order valence-corrected chi connectivity index (χ2v) is 2.77. The van der Waals surface area contributed by atoms with Gasteiger partial charge in [-0.2, -0.15) is 0 Å². The van der Waals surface area contributed by atoms with Gasteiger partial charge in [0.15, 0.2) is 16.8 Å². The van der Waals surface area contributed by atoms with E-state index in [0.717, 1.165) is 12.1 Å². The first-order valence-corrected chi connectivity index (χ1v) is 3.65. The van der Waals surface area contributed by atoms with Crippen molar-refractivity contribution in [1.29, 1.82) is 0 Å². The van der Waals surface area contributed by atoms with Crippen LogP contribution < -0.4 is 0 Å². The molecule has 0 aliphatic heterocycles. The highest BCUT2D eigenvalue weighted by atomic mass is 32.1. The number of aromatic amines is 1. The summed E-state index contributed by atoms with van der Waals surface area (Å²) in [5.41, 5.74) is 0.817. The number of halogens is 2. The number of rotatable bonds is 0. The van der Waals surface area contributed by atoms with Crippen LogP contribution in [0.2, 0.25) is 0 Å². The fourth-order valence-electron chi connectivity index (χ4n) is 0.991. The van der Waals surface area contributed by atoms with E-state index in [1.54, 1.807) is 0 Å². The van der Waals surface area contributed by atoms with Crippen molar-refractivity contribution in [2.75, 3.05) is 0 Å². The highest BCUT2D eigenvalue weighted by molar-refractivity contribution is 7.80. The molecular weight excluding hydrogens is 182 g/mol. The maximum atomic E-state index is 12.6. The topological polar surface area (TPSA) is 28.7 Å². The molecule has 0 aliphatic rings. The van der Waals surface area contributed by atoms with Crippen molar-refractivity contribution in [2.45, 2.75) is 5.16 Å². The lowest BCUT2D eigenvalue weighted by Gasteiger charge is -1.90. The number of hydrogen-bond donors (Lipinski definition) is 2. The van der Waals surface area contributed by atoms with Gasteiger partial charge in [0.1, 0.15) is 0 Å². The summed E-state index contributed by atoms with van der Waals surface area (Å²) in [6.07, 6.45) is 0. The molecule has 5 heteroatoms. The van der Waals surface area contributed by atoms with Crippen LogP contribution in [0.5, 0.6) is 0 Å². The minimum atomic E-state index is -0.901. The van der Waals surface area contributed by atoms with Crippen molar-refractivity contribution < 1.29 is 8.78 Å². The Morgan fingerprint density at radius 1 is 1.25 bits per heavy atom. The number of imidazole rings is 1. The molecule has 0 amide bonds. The first kappa shape index (κ1) is 7.54. The molecule has 2 nitrogen and oxygen atoms in total. The van der Waals surface area contributed by atoms with E-state index < -0.39 is 11.6 Å². The van der Waals surface area contributed by atoms with Crippen LogP contribution in [0.15, 0.2) is 17.3 Å². The second-order valence-electron chi connectivity index (χ2n) is 2.34. The van der Waals surface area contributed by atoms with E-state index in [1.165, 1.54) is 0 Å². The molecule has 1 aromatic heterocycles. The van der Waals surface area contributed by atoms with E-state index in [-0.39, 0.29) is 0 Å². The van der Waals surface area contributed by atoms with Crippen LogP contribution in [0, 0.1) is 11.6 Å². The van der Waals surface area contributed by atoms with Gasteiger partial charge in [0.2, 0.25) is 0 Å². The number of H-pyrrole nitrogens is 1. The molecule has 62 valence electrons. The fraction of sp³-hybridized carbons (Fsp3) is 0. The van der Waals surface area contributed by atoms with Gasteiger partial charge in [-0.15, -0.1) is 12.6 Å². The zero-order chi connectivity index (χ0) is 8.72. The first-order valence-electron chi connectivity index (χ1n) is 3.20. The molecule has 0 radical (unpaired) electrons. The predicted molar refractivity (Wildman–Crippen MR) is 43.3 cm³/mol. The lowest BCUT2D eigenvalue weighted by Crippen LogP contribution is -1.82. The minimum Gasteiger partial charge on any atom is -0.333 e. The molecular formula is C7H4F2N2S. The third-order valence-electron chi connectivity index (χ3n) is 1.51. The Morgan fingerprint density at radius 2 is 1.92 bits per heavy atom. The van der Waals surface area contributed by atoms with Gasteiger partial charge in [-0.25, -0.2) is 13.8 Å². The number of nitrogens with zero attached hydrogens (tertiary/aromatic N) is 1. The molecule has 1 N–H and O–H groups in total. The maximum absolute atomic E-state index is 12.6. The highest BCUT2D eigenvalue weighted by Crippen LogP contribution is 2.17. The number of aromatic nitrogens is 2. The normalized spacial score (nSPS) is 10.9. The third-order valence-corrected chi connectivity index (χ3v) is 1.72. The average Bonchev–Trinajstić information content (AvgIpc) is 2.30. The fourth-order valence-corrected chi connectivity index (χ4v) is 1.22. The van der Waals surface area contributed by atoms with Crippen molar-refractivity contribution in [3.05, 3.63) is 23.8 Å². The van der Waals surface area contributed by atoms with Gasteiger partial charge in [0.25, 0.3) is 0 Å². The van der Waals surface area contributed by atoms with Gasteiger partial charge in [-0.3, -0.25) is 0 Å². The van der Waals surface area contributed by atoms with Crippen LogP contribution in [0.3, 0.4) is 0 Å². The lowest BCUT2D eigenvalue weighted by molar-refractivity contribution is 0.510. The molecule has 0 saturated heterocycles. The molecule has 0 atom stereocenters. The van der Waals surface area contributed by atoms with Crippen LogP contribution in [-0.4, -0.2) is 9.97 Å². The van der Waals surface area contributed by atoms with Gasteiger partial charge < -0.3 is 4.98 Å². The van der Waals surface area contributed by atoms with Crippen molar-refractivity contribution in [2.24, 2.45) is 0 Å². The molecule has 0 unspecified atom stereocenters. The SMILES string of the molecule is Fc1cc2nc(S)[nH]c2cc1F. The summed E-state index contributed by atoms with van der Waals surface area (Å²) in [6.45, 7) is 0. The van der Waals surface area contributed by atoms with E-state index in [1.807, 2.05) is 0 Å². The molecule has 1 heterocycles. The summed E-state index contributed by atoms with van der Waals surface area (Å²) >= 11 is 3.90. The summed E-state index contributed by atoms with van der Waals surface area (Å²) in [4.78, 5) is 6.49. The number of nitrogens with one attached hydrogen (secondary N) is 1. The number of fused-ring (bicyclic) bond motifs is 1. The van der Waals surface area contributed by atoms with Gasteiger partial charge in [0.05, 0.1) is 11.0 Å². The number of thiol groups is 1. The Hall–Kier alpha value is -1.10. The number of benzene rings is 1. The van der Waals surface area contributed by atoms with E-state index in [0.29, 0.717) is 16.2 Å². The van der Waals surface area contributed by atoms with E-state index in [9.17, 15) is 8.78 Å². The Bertz CT molecular complexity index is 399. The van der Waals surface area contributed by atoms with Gasteiger partial charge in [-0.05, 0) is 0 Å². The maximum Gasteiger partial charge on any atom is 0.163 e. The highest BCUT2D eigenvalue weighted by Gasteiger charge is 2.06. The van der Waals surface area contributed by atoms with Crippen LogP contribution in [0.1, 0.15) is 0 Å². The Balaban J connectivity index is 2.83. The summed E-state index contributed by atoms with van der Waals surface area (Å²) in [5.74, 6) is -1.79. The molecule has 0 aliphatic carbocycles. The van der Waals surface area contributed by atoms with Gasteiger partial charge in [-0.1, -0.05) is 0 Å². The summed E-state index contributed by atoms with van der Waals surface area (Å²) < 4.78 is 25.2. The smallest absolute Gasteiger partial charge is 0.163 e. The van der Waals surface area contributed by atoms with Crippen molar-refractivity contribution in [3.63, 3.8) is 0 Å². The molecule has 12 heavy (non-hydrogen) atoms. The van der Waals surface area contributed by atoms with Crippen LogP contribution in [0.4, 0.5) is 8.78 Å². The van der Waals surface area contributed by atoms with Crippen LogP contribution in [-0.2, 0) is 0 Å². The molecule has 0 fully saturated rings. The minimum absolute atomic E-state index is 0.343. The third kappa shape index (κ3) is 1.06. The monoisotopic (exact) mass is 186 g/mol. The lowest BCUT2D eigenvalue weighted by atomic mass is 10.3. The van der Waals surface area contributed by atoms with Crippen LogP contribution in [0.25, 0.3) is 11.0 Å². The van der Waals surface area contributed by atoms with E-state index >= 15 is 0 Å². The van der Waals surface area contributed by atoms with Crippen LogP contribution >= 0.6 is 12.6 Å². The quantitative estimate of drug-likeness (QED) is 0.606. The van der Waals surface area contributed by atoms with E-state index in [4.69, 9.17) is 0 Å². The molecule has 0 saturated carbocycles. The first-order chi connectivity index (χ1) is 5.66. The Morgan fingerprint density at radius 3 is 2.67 bits per heavy atom. The summed E-state index contributed by atoms with van der Waals surface area (Å²) in [6, 6.07) is 2.08. The predicted octanol–water partition coefficient (Wildman–Crippen LogP) is 2.13. The number of hydrogen-bond acceptors (Lipinski definition) is 2. The molecule has 0 spiro atoms.